The molecule has 0 aliphatic heterocycles. The van der Waals surface area contributed by atoms with Crippen LogP contribution in [-0.2, 0) is 0 Å². The molecule has 0 atom stereocenters. The molecule has 1 nitrogen and oxygen atoms in total. The second-order valence-electron chi connectivity index (χ2n) is 3.91. The highest BCUT2D eigenvalue weighted by Gasteiger charge is 1.90. The molecule has 0 fully saturated rings. The van der Waals surface area contributed by atoms with Crippen LogP contribution in [0, 0.1) is 0 Å². The van der Waals surface area contributed by atoms with Crippen LogP contribution in [-0.4, -0.2) is 0 Å². The van der Waals surface area contributed by atoms with Crippen molar-refractivity contribution in [3.8, 4) is 0 Å². The van der Waals surface area contributed by atoms with Gasteiger partial charge in [-0.25, -0.2) is 0 Å². The summed E-state index contributed by atoms with van der Waals surface area (Å²) in [4.78, 5) is 0. The lowest BCUT2D eigenvalue weighted by Gasteiger charge is -2.00. The fraction of sp³-hybridized carbons (Fsp3) is 0.125. The maximum absolute atomic E-state index is 3.21. The van der Waals surface area contributed by atoms with Gasteiger partial charge < -0.3 is 5.32 Å². The Morgan fingerprint density at radius 2 is 1.88 bits per heavy atom. The van der Waals surface area contributed by atoms with Gasteiger partial charge in [-0.05, 0) is 36.6 Å². The lowest BCUT2D eigenvalue weighted by Crippen LogP contribution is -1.84. The molecule has 86 valence electrons. The third kappa shape index (κ3) is 4.15. The first-order chi connectivity index (χ1) is 8.45. The van der Waals surface area contributed by atoms with Gasteiger partial charge in [0.2, 0.25) is 0 Å². The number of para-hydroxylation sites is 1. The minimum atomic E-state index is 1.11. The van der Waals surface area contributed by atoms with Gasteiger partial charge in [-0.15, -0.1) is 0 Å². The predicted octanol–water partition coefficient (Wildman–Crippen LogP) is 4.44. The van der Waals surface area contributed by atoms with Gasteiger partial charge in [-0.1, -0.05) is 48.6 Å². The molecule has 0 radical (unpaired) electrons. The second-order valence-corrected chi connectivity index (χ2v) is 3.91. The van der Waals surface area contributed by atoms with Crippen LogP contribution in [0.1, 0.15) is 12.8 Å². The molecular weight excluding hydrogens is 206 g/mol. The number of anilines is 1. The van der Waals surface area contributed by atoms with E-state index in [1.165, 1.54) is 12.0 Å². The molecular formula is C16H17N. The van der Waals surface area contributed by atoms with Gasteiger partial charge in [-0.2, -0.15) is 0 Å². The highest BCUT2D eigenvalue weighted by molar-refractivity contribution is 5.45. The van der Waals surface area contributed by atoms with Crippen LogP contribution in [0.25, 0.3) is 0 Å². The highest BCUT2D eigenvalue weighted by Crippen LogP contribution is 2.10. The summed E-state index contributed by atoms with van der Waals surface area (Å²) in [5.74, 6) is 0. The molecule has 1 aliphatic rings. The number of hydrogen-bond donors (Lipinski definition) is 1. The van der Waals surface area contributed by atoms with Gasteiger partial charge in [-0.3, -0.25) is 0 Å². The third-order valence-corrected chi connectivity index (χ3v) is 2.54. The van der Waals surface area contributed by atoms with E-state index in [1.54, 1.807) is 0 Å². The van der Waals surface area contributed by atoms with E-state index in [9.17, 15) is 0 Å². The SMILES string of the molecule is C1=CC(/C=C\C=C\Nc2ccccc2)=CCC1. The average Bonchev–Trinajstić information content (AvgIpc) is 2.41. The zero-order chi connectivity index (χ0) is 11.8. The maximum Gasteiger partial charge on any atom is 0.0379 e. The Hall–Kier alpha value is -2.02. The quantitative estimate of drug-likeness (QED) is 0.744. The first kappa shape index (κ1) is 11.5. The monoisotopic (exact) mass is 223 g/mol. The normalized spacial score (nSPS) is 15.4. The van der Waals surface area contributed by atoms with E-state index in [0.717, 1.165) is 12.1 Å². The fourth-order valence-corrected chi connectivity index (χ4v) is 1.66. The Labute approximate surface area is 103 Å². The number of benzene rings is 1. The smallest absolute Gasteiger partial charge is 0.0379 e. The summed E-state index contributed by atoms with van der Waals surface area (Å²) in [7, 11) is 0. The van der Waals surface area contributed by atoms with Crippen molar-refractivity contribution in [2.24, 2.45) is 0 Å². The van der Waals surface area contributed by atoms with Crippen molar-refractivity contribution in [3.63, 3.8) is 0 Å². The highest BCUT2D eigenvalue weighted by atomic mass is 14.8. The van der Waals surface area contributed by atoms with Gasteiger partial charge in [0.05, 0.1) is 0 Å². The molecule has 1 heteroatoms. The van der Waals surface area contributed by atoms with E-state index in [4.69, 9.17) is 0 Å². The lowest BCUT2D eigenvalue weighted by atomic mass is 10.1. The number of rotatable bonds is 4. The van der Waals surface area contributed by atoms with Crippen LogP contribution in [0.2, 0.25) is 0 Å². The first-order valence-corrected chi connectivity index (χ1v) is 5.97. The van der Waals surface area contributed by atoms with E-state index in [2.05, 4.69) is 35.7 Å². The number of nitrogens with one attached hydrogen (secondary N) is 1. The summed E-state index contributed by atoms with van der Waals surface area (Å²) in [6.07, 6.45) is 17.1. The van der Waals surface area contributed by atoms with Crippen molar-refractivity contribution >= 4 is 5.69 Å². The average molecular weight is 223 g/mol. The molecule has 1 N–H and O–H groups in total. The van der Waals surface area contributed by atoms with Crippen molar-refractivity contribution in [2.45, 2.75) is 12.8 Å². The molecule has 0 amide bonds. The Morgan fingerprint density at radius 1 is 1.00 bits per heavy atom. The van der Waals surface area contributed by atoms with E-state index in [0.29, 0.717) is 0 Å². The molecule has 1 aromatic rings. The van der Waals surface area contributed by atoms with E-state index >= 15 is 0 Å². The molecule has 0 heterocycles. The predicted molar refractivity (Wildman–Crippen MR) is 74.8 cm³/mol. The summed E-state index contributed by atoms with van der Waals surface area (Å²) >= 11 is 0. The summed E-state index contributed by atoms with van der Waals surface area (Å²) in [5, 5.41) is 3.21. The Balaban J connectivity index is 1.80. The molecule has 17 heavy (non-hydrogen) atoms. The second kappa shape index (κ2) is 6.54. The topological polar surface area (TPSA) is 12.0 Å². The van der Waals surface area contributed by atoms with Gasteiger partial charge in [0.25, 0.3) is 0 Å². The van der Waals surface area contributed by atoms with Crippen molar-refractivity contribution < 1.29 is 0 Å². The van der Waals surface area contributed by atoms with Crippen LogP contribution in [0.4, 0.5) is 5.69 Å². The van der Waals surface area contributed by atoms with Gasteiger partial charge in [0.15, 0.2) is 0 Å². The Bertz CT molecular complexity index is 450. The molecule has 0 saturated carbocycles. The summed E-state index contributed by atoms with van der Waals surface area (Å²) in [6, 6.07) is 10.1. The molecule has 0 spiro atoms. The van der Waals surface area contributed by atoms with Crippen molar-refractivity contribution in [1.82, 2.24) is 0 Å². The molecule has 0 unspecified atom stereocenters. The van der Waals surface area contributed by atoms with E-state index in [-0.39, 0.29) is 0 Å². The largest absolute Gasteiger partial charge is 0.362 e. The Morgan fingerprint density at radius 3 is 2.65 bits per heavy atom. The summed E-state index contributed by atoms with van der Waals surface area (Å²) in [6.45, 7) is 0. The molecule has 0 bridgehead atoms. The molecule has 1 aliphatic carbocycles. The van der Waals surface area contributed by atoms with Crippen LogP contribution in [0.3, 0.4) is 0 Å². The van der Waals surface area contributed by atoms with Crippen molar-refractivity contribution in [2.75, 3.05) is 5.32 Å². The van der Waals surface area contributed by atoms with E-state index < -0.39 is 0 Å². The molecule has 0 saturated heterocycles. The minimum absolute atomic E-state index is 1.11. The van der Waals surface area contributed by atoms with Gasteiger partial charge >= 0.3 is 0 Å². The fourth-order valence-electron chi connectivity index (χ4n) is 1.66. The standard InChI is InChI=1S/C16H17N/c1-3-9-15(10-4-1)11-7-8-14-17-16-12-5-2-6-13-16/h2-3,5-14,17H,1,4H2/b11-7-,14-8+. The third-order valence-electron chi connectivity index (χ3n) is 2.54. The van der Waals surface area contributed by atoms with Gasteiger partial charge in [0, 0.05) is 11.9 Å². The van der Waals surface area contributed by atoms with E-state index in [1.807, 2.05) is 42.6 Å². The van der Waals surface area contributed by atoms with Crippen LogP contribution in [0.15, 0.2) is 78.6 Å². The molecule has 2 rings (SSSR count). The Kier molecular flexibility index (Phi) is 4.41. The number of allylic oxidation sites excluding steroid dienone is 7. The zero-order valence-electron chi connectivity index (χ0n) is 9.84. The number of hydrogen-bond acceptors (Lipinski definition) is 1. The molecule has 0 aromatic heterocycles. The van der Waals surface area contributed by atoms with Crippen LogP contribution in [0.5, 0.6) is 0 Å². The van der Waals surface area contributed by atoms with Gasteiger partial charge in [0.1, 0.15) is 0 Å². The zero-order valence-corrected chi connectivity index (χ0v) is 9.84. The minimum Gasteiger partial charge on any atom is -0.362 e. The van der Waals surface area contributed by atoms with Crippen LogP contribution < -0.4 is 5.32 Å². The maximum atomic E-state index is 3.21. The molecule has 1 aromatic carbocycles. The van der Waals surface area contributed by atoms with Crippen LogP contribution >= 0.6 is 0 Å². The first-order valence-electron chi connectivity index (χ1n) is 5.97. The summed E-state index contributed by atoms with van der Waals surface area (Å²) < 4.78 is 0. The lowest BCUT2D eigenvalue weighted by molar-refractivity contribution is 1.02. The summed E-state index contributed by atoms with van der Waals surface area (Å²) in [5.41, 5.74) is 2.40. The van der Waals surface area contributed by atoms with Crippen molar-refractivity contribution in [3.05, 3.63) is 78.6 Å². The van der Waals surface area contributed by atoms with Crippen molar-refractivity contribution in [1.29, 1.82) is 0 Å².